The second-order valence-corrected chi connectivity index (χ2v) is 5.40. The van der Waals surface area contributed by atoms with Gasteiger partial charge in [-0.1, -0.05) is 20.3 Å². The Morgan fingerprint density at radius 2 is 1.95 bits per heavy atom. The van der Waals surface area contributed by atoms with Crippen molar-refractivity contribution in [2.75, 3.05) is 29.9 Å². The van der Waals surface area contributed by atoms with Crippen LogP contribution in [0.5, 0.6) is 6.01 Å². The van der Waals surface area contributed by atoms with E-state index < -0.39 is 0 Å². The van der Waals surface area contributed by atoms with Gasteiger partial charge in [0.25, 0.3) is 0 Å². The monoisotopic (exact) mass is 293 g/mol. The van der Waals surface area contributed by atoms with Crippen LogP contribution in [0.4, 0.5) is 11.9 Å². The van der Waals surface area contributed by atoms with Crippen LogP contribution < -0.4 is 15.0 Å². The SMILES string of the molecule is CCCCN(c1nc(NCC)nc(OCCC)n1)C1CC1. The van der Waals surface area contributed by atoms with Crippen LogP contribution >= 0.6 is 0 Å². The molecule has 0 spiro atoms. The van der Waals surface area contributed by atoms with Crippen molar-refractivity contribution in [1.82, 2.24) is 15.0 Å². The molecule has 0 saturated heterocycles. The summed E-state index contributed by atoms with van der Waals surface area (Å²) in [5, 5.41) is 3.17. The third-order valence-electron chi connectivity index (χ3n) is 3.37. The minimum atomic E-state index is 0.431. The van der Waals surface area contributed by atoms with Crippen LogP contribution in [0.15, 0.2) is 0 Å². The molecule has 2 rings (SSSR count). The number of hydrogen-bond acceptors (Lipinski definition) is 6. The molecule has 0 aromatic carbocycles. The second kappa shape index (κ2) is 8.00. The molecular formula is C15H27N5O. The summed E-state index contributed by atoms with van der Waals surface area (Å²) in [6, 6.07) is 1.02. The predicted molar refractivity (Wildman–Crippen MR) is 85.1 cm³/mol. The van der Waals surface area contributed by atoms with Gasteiger partial charge in [0, 0.05) is 19.1 Å². The molecule has 1 aromatic rings. The number of ether oxygens (including phenoxy) is 1. The largest absolute Gasteiger partial charge is 0.463 e. The average Bonchev–Trinajstić information content (AvgIpc) is 3.30. The molecule has 0 aliphatic heterocycles. The Balaban J connectivity index is 2.19. The highest BCUT2D eigenvalue weighted by atomic mass is 16.5. The maximum atomic E-state index is 5.61. The lowest BCUT2D eigenvalue weighted by Gasteiger charge is -2.22. The summed E-state index contributed by atoms with van der Waals surface area (Å²) in [7, 11) is 0. The van der Waals surface area contributed by atoms with Gasteiger partial charge in [-0.15, -0.1) is 0 Å². The first-order valence-corrected chi connectivity index (χ1v) is 8.17. The van der Waals surface area contributed by atoms with Gasteiger partial charge in [-0.2, -0.15) is 15.0 Å². The quantitative estimate of drug-likeness (QED) is 0.715. The summed E-state index contributed by atoms with van der Waals surface area (Å²) in [5.41, 5.74) is 0. The molecule has 6 nitrogen and oxygen atoms in total. The standard InChI is InChI=1S/C15H27N5O/c1-4-7-10-20(12-8-9-12)14-17-13(16-6-3)18-15(19-14)21-11-5-2/h12H,4-11H2,1-3H3,(H,16,17,18,19). The predicted octanol–water partition coefficient (Wildman–Crippen LogP) is 2.86. The smallest absolute Gasteiger partial charge is 0.323 e. The van der Waals surface area contributed by atoms with E-state index >= 15 is 0 Å². The molecule has 1 fully saturated rings. The maximum Gasteiger partial charge on any atom is 0.323 e. The minimum absolute atomic E-state index is 0.431. The number of unbranched alkanes of at least 4 members (excludes halogenated alkanes) is 1. The van der Waals surface area contributed by atoms with Crippen molar-refractivity contribution in [2.24, 2.45) is 0 Å². The van der Waals surface area contributed by atoms with E-state index in [1.807, 2.05) is 6.92 Å². The van der Waals surface area contributed by atoms with Crippen molar-refractivity contribution < 1.29 is 4.74 Å². The fourth-order valence-electron chi connectivity index (χ4n) is 2.13. The van der Waals surface area contributed by atoms with E-state index in [2.05, 4.69) is 39.0 Å². The van der Waals surface area contributed by atoms with E-state index in [1.54, 1.807) is 0 Å². The fourth-order valence-corrected chi connectivity index (χ4v) is 2.13. The highest BCUT2D eigenvalue weighted by molar-refractivity contribution is 5.40. The number of nitrogens with zero attached hydrogens (tertiary/aromatic N) is 4. The summed E-state index contributed by atoms with van der Waals surface area (Å²) in [6.45, 7) is 8.74. The zero-order chi connectivity index (χ0) is 15.1. The van der Waals surface area contributed by atoms with Gasteiger partial charge in [0.1, 0.15) is 0 Å². The van der Waals surface area contributed by atoms with Crippen LogP contribution in [-0.2, 0) is 0 Å². The normalized spacial score (nSPS) is 14.0. The van der Waals surface area contributed by atoms with E-state index in [1.165, 1.54) is 19.3 Å². The Labute approximate surface area is 127 Å². The molecule has 0 amide bonds. The Kier molecular flexibility index (Phi) is 6.02. The number of anilines is 2. The molecule has 0 atom stereocenters. The van der Waals surface area contributed by atoms with Crippen molar-refractivity contribution in [3.05, 3.63) is 0 Å². The number of aromatic nitrogens is 3. The lowest BCUT2D eigenvalue weighted by atomic mass is 10.3. The van der Waals surface area contributed by atoms with E-state index in [-0.39, 0.29) is 0 Å². The Morgan fingerprint density at radius 1 is 1.14 bits per heavy atom. The third kappa shape index (κ3) is 4.72. The first kappa shape index (κ1) is 15.8. The van der Waals surface area contributed by atoms with Crippen molar-refractivity contribution in [3.8, 4) is 6.01 Å². The summed E-state index contributed by atoms with van der Waals surface area (Å²) < 4.78 is 5.61. The molecule has 0 radical (unpaired) electrons. The highest BCUT2D eigenvalue weighted by Crippen LogP contribution is 2.31. The van der Waals surface area contributed by atoms with Crippen LogP contribution in [0, 0.1) is 0 Å². The number of nitrogens with one attached hydrogen (secondary N) is 1. The summed E-state index contributed by atoms with van der Waals surface area (Å²) in [4.78, 5) is 15.7. The fraction of sp³-hybridized carbons (Fsp3) is 0.800. The van der Waals surface area contributed by atoms with Gasteiger partial charge in [0.15, 0.2) is 0 Å². The van der Waals surface area contributed by atoms with E-state index in [0.29, 0.717) is 24.6 Å². The van der Waals surface area contributed by atoms with Crippen molar-refractivity contribution >= 4 is 11.9 Å². The van der Waals surface area contributed by atoms with Gasteiger partial charge in [-0.25, -0.2) is 0 Å². The van der Waals surface area contributed by atoms with Gasteiger partial charge in [-0.3, -0.25) is 0 Å². The lowest BCUT2D eigenvalue weighted by Crippen LogP contribution is -2.29. The Hall–Kier alpha value is -1.59. The minimum Gasteiger partial charge on any atom is -0.463 e. The molecule has 1 N–H and O–H groups in total. The van der Waals surface area contributed by atoms with E-state index in [4.69, 9.17) is 4.74 Å². The molecule has 6 heteroatoms. The molecule has 0 unspecified atom stereocenters. The summed E-state index contributed by atoms with van der Waals surface area (Å²) in [6.07, 6.45) is 5.74. The second-order valence-electron chi connectivity index (χ2n) is 5.40. The average molecular weight is 293 g/mol. The van der Waals surface area contributed by atoms with Crippen molar-refractivity contribution in [2.45, 2.75) is 58.9 Å². The van der Waals surface area contributed by atoms with Crippen LogP contribution in [0.2, 0.25) is 0 Å². The van der Waals surface area contributed by atoms with Crippen LogP contribution in [0.25, 0.3) is 0 Å². The number of hydrogen-bond donors (Lipinski definition) is 1. The van der Waals surface area contributed by atoms with Crippen molar-refractivity contribution in [3.63, 3.8) is 0 Å². The van der Waals surface area contributed by atoms with Gasteiger partial charge in [-0.05, 0) is 32.6 Å². The Bertz CT molecular complexity index is 436. The molecule has 1 aliphatic rings. The topological polar surface area (TPSA) is 63.2 Å². The summed E-state index contributed by atoms with van der Waals surface area (Å²) in [5.74, 6) is 1.36. The van der Waals surface area contributed by atoms with Crippen molar-refractivity contribution in [1.29, 1.82) is 0 Å². The maximum absolute atomic E-state index is 5.61. The zero-order valence-corrected chi connectivity index (χ0v) is 13.4. The molecule has 1 aliphatic carbocycles. The Morgan fingerprint density at radius 3 is 2.57 bits per heavy atom. The molecule has 118 valence electrons. The van der Waals surface area contributed by atoms with Gasteiger partial charge >= 0.3 is 6.01 Å². The third-order valence-corrected chi connectivity index (χ3v) is 3.37. The molecule has 21 heavy (non-hydrogen) atoms. The first-order valence-electron chi connectivity index (χ1n) is 8.17. The highest BCUT2D eigenvalue weighted by Gasteiger charge is 2.31. The lowest BCUT2D eigenvalue weighted by molar-refractivity contribution is 0.291. The molecule has 1 heterocycles. The van der Waals surface area contributed by atoms with Gasteiger partial charge < -0.3 is 15.0 Å². The van der Waals surface area contributed by atoms with Crippen LogP contribution in [0.3, 0.4) is 0 Å². The van der Waals surface area contributed by atoms with Gasteiger partial charge in [0.05, 0.1) is 6.61 Å². The molecular weight excluding hydrogens is 266 g/mol. The first-order chi connectivity index (χ1) is 10.3. The van der Waals surface area contributed by atoms with E-state index in [0.717, 1.165) is 31.9 Å². The van der Waals surface area contributed by atoms with E-state index in [9.17, 15) is 0 Å². The van der Waals surface area contributed by atoms with Crippen LogP contribution in [-0.4, -0.2) is 40.7 Å². The zero-order valence-electron chi connectivity index (χ0n) is 13.4. The number of rotatable bonds is 10. The molecule has 0 bridgehead atoms. The van der Waals surface area contributed by atoms with Gasteiger partial charge in [0.2, 0.25) is 11.9 Å². The summed E-state index contributed by atoms with van der Waals surface area (Å²) >= 11 is 0. The molecule has 1 aromatic heterocycles. The molecule has 1 saturated carbocycles. The van der Waals surface area contributed by atoms with Crippen LogP contribution in [0.1, 0.15) is 52.9 Å².